The lowest BCUT2D eigenvalue weighted by atomic mass is 9.98. The molecule has 2 aromatic rings. The van der Waals surface area contributed by atoms with Gasteiger partial charge in [0.1, 0.15) is 5.82 Å². The normalized spacial score (nSPS) is 12.7. The molecule has 1 atom stereocenters. The van der Waals surface area contributed by atoms with Crippen molar-refractivity contribution in [2.45, 2.75) is 25.8 Å². The highest BCUT2D eigenvalue weighted by Gasteiger charge is 2.20. The molecule has 0 radical (unpaired) electrons. The van der Waals surface area contributed by atoms with Gasteiger partial charge in [-0.25, -0.2) is 4.39 Å². The maximum atomic E-state index is 13.9. The highest BCUT2D eigenvalue weighted by molar-refractivity contribution is 6.31. The molecular formula is C14H18ClFN4. The Hall–Kier alpha value is -1.43. The Morgan fingerprint density at radius 2 is 2.25 bits per heavy atom. The molecule has 1 unspecified atom stereocenters. The predicted octanol–water partition coefficient (Wildman–Crippen LogP) is 2.52. The Bertz CT molecular complexity index is 577. The zero-order valence-corrected chi connectivity index (χ0v) is 12.3. The van der Waals surface area contributed by atoms with E-state index >= 15 is 0 Å². The molecule has 0 amide bonds. The zero-order valence-electron chi connectivity index (χ0n) is 11.5. The smallest absolute Gasteiger partial charge is 0.127 e. The van der Waals surface area contributed by atoms with Gasteiger partial charge in [-0.2, -0.15) is 5.10 Å². The van der Waals surface area contributed by atoms with Crippen LogP contribution in [0.1, 0.15) is 29.8 Å². The lowest BCUT2D eigenvalue weighted by Crippen LogP contribution is -2.30. The molecule has 20 heavy (non-hydrogen) atoms. The quantitative estimate of drug-likeness (QED) is 0.658. The van der Waals surface area contributed by atoms with Crippen molar-refractivity contribution in [3.63, 3.8) is 0 Å². The van der Waals surface area contributed by atoms with Gasteiger partial charge in [-0.15, -0.1) is 0 Å². The fourth-order valence-electron chi connectivity index (χ4n) is 2.31. The number of aryl methyl sites for hydroxylation is 2. The highest BCUT2D eigenvalue weighted by atomic mass is 35.5. The molecule has 0 aliphatic heterocycles. The van der Waals surface area contributed by atoms with Crippen LogP contribution in [0.25, 0.3) is 0 Å². The molecule has 108 valence electrons. The number of halogens is 2. The van der Waals surface area contributed by atoms with Crippen LogP contribution in [0.5, 0.6) is 0 Å². The topological polar surface area (TPSA) is 55.9 Å². The van der Waals surface area contributed by atoms with Crippen LogP contribution in [0.2, 0.25) is 5.02 Å². The van der Waals surface area contributed by atoms with Crippen molar-refractivity contribution < 1.29 is 4.39 Å². The van der Waals surface area contributed by atoms with Crippen molar-refractivity contribution in [2.75, 3.05) is 0 Å². The van der Waals surface area contributed by atoms with Gasteiger partial charge in [0.15, 0.2) is 0 Å². The first-order valence-corrected chi connectivity index (χ1v) is 6.86. The summed E-state index contributed by atoms with van der Waals surface area (Å²) in [7, 11) is 1.85. The Labute approximate surface area is 122 Å². The van der Waals surface area contributed by atoms with Gasteiger partial charge in [0.2, 0.25) is 0 Å². The second kappa shape index (κ2) is 6.35. The van der Waals surface area contributed by atoms with E-state index in [9.17, 15) is 4.39 Å². The van der Waals surface area contributed by atoms with Crippen molar-refractivity contribution >= 4 is 11.6 Å². The largest absolute Gasteiger partial charge is 0.275 e. The van der Waals surface area contributed by atoms with Gasteiger partial charge < -0.3 is 0 Å². The number of rotatable bonds is 5. The van der Waals surface area contributed by atoms with Crippen LogP contribution in [0.4, 0.5) is 4.39 Å². The summed E-state index contributed by atoms with van der Waals surface area (Å²) in [6.45, 7) is 2.02. The number of nitrogens with two attached hydrogens (primary N) is 1. The number of hydrogen-bond donors (Lipinski definition) is 2. The van der Waals surface area contributed by atoms with Crippen LogP contribution in [-0.2, 0) is 19.9 Å². The molecule has 0 bridgehead atoms. The SMILES string of the molecule is CCc1nn(C)cc1C(Cc1c(F)cccc1Cl)NN. The third-order valence-corrected chi connectivity index (χ3v) is 3.67. The highest BCUT2D eigenvalue weighted by Crippen LogP contribution is 2.26. The van der Waals surface area contributed by atoms with E-state index in [1.54, 1.807) is 16.8 Å². The molecule has 0 aliphatic rings. The summed E-state index contributed by atoms with van der Waals surface area (Å²) < 4.78 is 15.6. The first-order chi connectivity index (χ1) is 9.56. The average molecular weight is 297 g/mol. The van der Waals surface area contributed by atoms with Crippen molar-refractivity contribution in [2.24, 2.45) is 12.9 Å². The van der Waals surface area contributed by atoms with Gasteiger partial charge in [-0.05, 0) is 25.0 Å². The maximum absolute atomic E-state index is 13.9. The van der Waals surface area contributed by atoms with Crippen LogP contribution >= 0.6 is 11.6 Å². The Morgan fingerprint density at radius 3 is 2.85 bits per heavy atom. The summed E-state index contributed by atoms with van der Waals surface area (Å²) in [5, 5.41) is 4.79. The monoisotopic (exact) mass is 296 g/mol. The van der Waals surface area contributed by atoms with Gasteiger partial charge in [0, 0.05) is 29.4 Å². The molecule has 0 saturated heterocycles. The summed E-state index contributed by atoms with van der Waals surface area (Å²) in [6, 6.07) is 4.44. The second-order valence-corrected chi connectivity index (χ2v) is 5.09. The molecule has 0 saturated carbocycles. The molecule has 0 spiro atoms. The number of hydrazine groups is 1. The van der Waals surface area contributed by atoms with E-state index in [1.807, 2.05) is 20.2 Å². The minimum Gasteiger partial charge on any atom is -0.275 e. The van der Waals surface area contributed by atoms with E-state index < -0.39 is 0 Å². The van der Waals surface area contributed by atoms with Gasteiger partial charge in [-0.3, -0.25) is 16.0 Å². The molecule has 1 aromatic heterocycles. The first kappa shape index (κ1) is 15.0. The van der Waals surface area contributed by atoms with Gasteiger partial charge >= 0.3 is 0 Å². The number of benzene rings is 1. The fourth-order valence-corrected chi connectivity index (χ4v) is 2.55. The summed E-state index contributed by atoms with van der Waals surface area (Å²) in [5.74, 6) is 5.31. The number of nitrogens with one attached hydrogen (secondary N) is 1. The summed E-state index contributed by atoms with van der Waals surface area (Å²) in [6.07, 6.45) is 3.07. The molecule has 3 N–H and O–H groups in total. The fraction of sp³-hybridized carbons (Fsp3) is 0.357. The summed E-state index contributed by atoms with van der Waals surface area (Å²) in [4.78, 5) is 0. The molecule has 0 aliphatic carbocycles. The number of nitrogens with zero attached hydrogens (tertiary/aromatic N) is 2. The minimum atomic E-state index is -0.320. The van der Waals surface area contributed by atoms with Crippen molar-refractivity contribution in [3.8, 4) is 0 Å². The lowest BCUT2D eigenvalue weighted by Gasteiger charge is -2.17. The minimum absolute atomic E-state index is 0.229. The van der Waals surface area contributed by atoms with Crippen LogP contribution in [0.15, 0.2) is 24.4 Å². The summed E-state index contributed by atoms with van der Waals surface area (Å²) >= 11 is 6.07. The molecule has 6 heteroatoms. The molecular weight excluding hydrogens is 279 g/mol. The van der Waals surface area contributed by atoms with Crippen LogP contribution in [0.3, 0.4) is 0 Å². The predicted molar refractivity (Wildman–Crippen MR) is 77.8 cm³/mol. The lowest BCUT2D eigenvalue weighted by molar-refractivity contribution is 0.526. The van der Waals surface area contributed by atoms with Crippen molar-refractivity contribution in [3.05, 3.63) is 52.1 Å². The van der Waals surface area contributed by atoms with Crippen LogP contribution in [-0.4, -0.2) is 9.78 Å². The van der Waals surface area contributed by atoms with Gasteiger partial charge in [-0.1, -0.05) is 24.6 Å². The molecule has 1 aromatic carbocycles. The average Bonchev–Trinajstić information content (AvgIpc) is 2.80. The van der Waals surface area contributed by atoms with E-state index in [-0.39, 0.29) is 11.9 Å². The van der Waals surface area contributed by atoms with Crippen molar-refractivity contribution in [1.29, 1.82) is 0 Å². The molecule has 2 rings (SSSR count). The first-order valence-electron chi connectivity index (χ1n) is 6.48. The Kier molecular flexibility index (Phi) is 4.75. The zero-order chi connectivity index (χ0) is 14.7. The van der Waals surface area contributed by atoms with Crippen molar-refractivity contribution in [1.82, 2.24) is 15.2 Å². The third kappa shape index (κ3) is 3.00. The third-order valence-electron chi connectivity index (χ3n) is 3.32. The molecule has 0 fully saturated rings. The van der Waals surface area contributed by atoms with E-state index in [0.29, 0.717) is 17.0 Å². The van der Waals surface area contributed by atoms with Gasteiger partial charge in [0.25, 0.3) is 0 Å². The van der Waals surface area contributed by atoms with Crippen LogP contribution in [0, 0.1) is 5.82 Å². The van der Waals surface area contributed by atoms with E-state index in [2.05, 4.69) is 10.5 Å². The van der Waals surface area contributed by atoms with E-state index in [4.69, 9.17) is 17.4 Å². The second-order valence-electron chi connectivity index (χ2n) is 4.68. The Morgan fingerprint density at radius 1 is 1.50 bits per heavy atom. The molecule has 4 nitrogen and oxygen atoms in total. The van der Waals surface area contributed by atoms with E-state index in [0.717, 1.165) is 17.7 Å². The van der Waals surface area contributed by atoms with E-state index in [1.165, 1.54) is 6.07 Å². The summed E-state index contributed by atoms with van der Waals surface area (Å²) in [5.41, 5.74) is 5.11. The standard InChI is InChI=1S/C14H18ClFN4/c1-3-13-10(8-20(2)19-13)14(18-17)7-9-11(15)5-4-6-12(9)16/h4-6,8,14,18H,3,7,17H2,1-2H3. The Balaban J connectivity index is 2.33. The number of aromatic nitrogens is 2. The number of hydrogen-bond acceptors (Lipinski definition) is 3. The van der Waals surface area contributed by atoms with Crippen LogP contribution < -0.4 is 11.3 Å². The van der Waals surface area contributed by atoms with Gasteiger partial charge in [0.05, 0.1) is 11.7 Å². The molecule has 1 heterocycles. The maximum Gasteiger partial charge on any atom is 0.127 e.